The van der Waals surface area contributed by atoms with E-state index < -0.39 is 0 Å². The second kappa shape index (κ2) is 9.45. The summed E-state index contributed by atoms with van der Waals surface area (Å²) in [4.78, 5) is 2.84. The maximum absolute atomic E-state index is 2.38. The van der Waals surface area contributed by atoms with Crippen molar-refractivity contribution in [1.29, 1.82) is 0 Å². The molecule has 1 atom stereocenters. The van der Waals surface area contributed by atoms with Gasteiger partial charge in [0.2, 0.25) is 0 Å². The smallest absolute Gasteiger partial charge is 0.0147 e. The van der Waals surface area contributed by atoms with Crippen molar-refractivity contribution in [1.82, 2.24) is 0 Å². The highest BCUT2D eigenvalue weighted by molar-refractivity contribution is 8.07. The Balaban J connectivity index is 5.69. The van der Waals surface area contributed by atoms with Crippen molar-refractivity contribution in [2.24, 2.45) is 11.3 Å². The summed E-state index contributed by atoms with van der Waals surface area (Å²) in [6.45, 7) is 22.4. The van der Waals surface area contributed by atoms with Gasteiger partial charge in [-0.1, -0.05) is 76.1 Å². The Hall–Kier alpha value is -0.690. The van der Waals surface area contributed by atoms with Gasteiger partial charge in [0.1, 0.15) is 0 Å². The number of allylic oxidation sites excluding steroid dienone is 7. The Morgan fingerprint density at radius 2 is 1.64 bits per heavy atom. The minimum Gasteiger partial charge on any atom is -0.0938 e. The van der Waals surface area contributed by atoms with E-state index >= 15 is 0 Å². The molecule has 1 heteroatoms. The van der Waals surface area contributed by atoms with E-state index in [2.05, 4.69) is 87.5 Å². The van der Waals surface area contributed by atoms with Crippen LogP contribution in [0.4, 0.5) is 0 Å². The number of rotatable bonds is 6. The molecule has 0 rings (SSSR count). The first-order valence-corrected chi connectivity index (χ1v) is 9.23. The average molecular weight is 321 g/mol. The summed E-state index contributed by atoms with van der Waals surface area (Å²) in [6.07, 6.45) is 8.13. The van der Waals surface area contributed by atoms with Crippen LogP contribution < -0.4 is 0 Å². The third kappa shape index (κ3) is 7.54. The van der Waals surface area contributed by atoms with Crippen LogP contribution in [0.1, 0.15) is 75.7 Å². The van der Waals surface area contributed by atoms with Crippen molar-refractivity contribution in [3.8, 4) is 0 Å². The van der Waals surface area contributed by atoms with E-state index in [1.54, 1.807) is 0 Å². The molecule has 0 saturated heterocycles. The third-order valence-corrected chi connectivity index (χ3v) is 5.60. The lowest BCUT2D eigenvalue weighted by molar-refractivity contribution is 0.529. The Kier molecular flexibility index (Phi) is 9.15. The van der Waals surface area contributed by atoms with E-state index in [1.165, 1.54) is 33.0 Å². The van der Waals surface area contributed by atoms with E-state index in [0.29, 0.717) is 5.92 Å². The van der Waals surface area contributed by atoms with Crippen LogP contribution in [-0.2, 0) is 0 Å². The van der Waals surface area contributed by atoms with E-state index in [9.17, 15) is 0 Å². The first-order chi connectivity index (χ1) is 10.0. The molecule has 0 aliphatic heterocycles. The van der Waals surface area contributed by atoms with Gasteiger partial charge in [0.05, 0.1) is 0 Å². The fraction of sp³-hybridized carbons (Fsp3) is 0.619. The molecule has 0 spiro atoms. The predicted octanol–water partition coefficient (Wildman–Crippen LogP) is 7.90. The zero-order valence-corrected chi connectivity index (χ0v) is 17.2. The van der Waals surface area contributed by atoms with E-state index in [0.717, 1.165) is 0 Å². The van der Waals surface area contributed by atoms with Gasteiger partial charge in [-0.3, -0.25) is 0 Å². The summed E-state index contributed by atoms with van der Waals surface area (Å²) >= 11 is 1.93. The topological polar surface area (TPSA) is 0 Å². The Bertz CT molecular complexity index is 475. The Morgan fingerprint density at radius 1 is 1.09 bits per heavy atom. The van der Waals surface area contributed by atoms with Gasteiger partial charge < -0.3 is 0 Å². The molecule has 0 aromatic carbocycles. The normalized spacial score (nSPS) is 15.8. The number of hydrogen-bond acceptors (Lipinski definition) is 1. The summed E-state index contributed by atoms with van der Waals surface area (Å²) in [7, 11) is 0. The lowest BCUT2D eigenvalue weighted by atomic mass is 9.94. The molecule has 0 radical (unpaired) electrons. The highest BCUT2D eigenvalue weighted by Gasteiger charge is 2.20. The van der Waals surface area contributed by atoms with Gasteiger partial charge in [-0.15, -0.1) is 0 Å². The van der Waals surface area contributed by atoms with Gasteiger partial charge in [0.15, 0.2) is 0 Å². The van der Waals surface area contributed by atoms with Gasteiger partial charge in [0, 0.05) is 4.91 Å². The molecule has 0 saturated carbocycles. The molecule has 126 valence electrons. The monoisotopic (exact) mass is 320 g/mol. The van der Waals surface area contributed by atoms with Gasteiger partial charge in [-0.05, 0) is 62.5 Å². The Morgan fingerprint density at radius 3 is 2.00 bits per heavy atom. The molecular formula is C21H36S. The lowest BCUT2D eigenvalue weighted by Crippen LogP contribution is -2.08. The van der Waals surface area contributed by atoms with Gasteiger partial charge in [-0.2, -0.15) is 0 Å². The SMILES string of the molecule is C\C=C(C)/C(=C\C(C)=C/C(C)CC)SC(=C(C)C)C(C)(C)C. The van der Waals surface area contributed by atoms with Crippen LogP contribution in [0.25, 0.3) is 0 Å². The second-order valence-electron chi connectivity index (χ2n) is 7.46. The zero-order chi connectivity index (χ0) is 17.5. The van der Waals surface area contributed by atoms with Crippen molar-refractivity contribution in [3.05, 3.63) is 44.8 Å². The van der Waals surface area contributed by atoms with E-state index in [4.69, 9.17) is 0 Å². The van der Waals surface area contributed by atoms with Gasteiger partial charge in [-0.25, -0.2) is 0 Å². The molecule has 0 heterocycles. The molecule has 0 bridgehead atoms. The first kappa shape index (κ1) is 21.3. The molecule has 0 aromatic rings. The maximum Gasteiger partial charge on any atom is 0.0147 e. The molecule has 0 nitrogen and oxygen atoms in total. The van der Waals surface area contributed by atoms with E-state index in [1.807, 2.05) is 11.8 Å². The third-order valence-electron chi connectivity index (χ3n) is 3.72. The molecule has 0 aliphatic carbocycles. The van der Waals surface area contributed by atoms with Crippen molar-refractivity contribution in [2.45, 2.75) is 75.7 Å². The number of thioether (sulfide) groups is 1. The fourth-order valence-corrected chi connectivity index (χ4v) is 3.56. The summed E-state index contributed by atoms with van der Waals surface area (Å²) in [5.41, 5.74) is 4.31. The summed E-state index contributed by atoms with van der Waals surface area (Å²) < 4.78 is 0. The van der Waals surface area contributed by atoms with Crippen LogP contribution in [0.2, 0.25) is 0 Å². The summed E-state index contributed by atoms with van der Waals surface area (Å²) in [5, 5.41) is 0. The molecule has 0 aliphatic rings. The molecule has 0 N–H and O–H groups in total. The van der Waals surface area contributed by atoms with Crippen LogP contribution in [-0.4, -0.2) is 0 Å². The van der Waals surface area contributed by atoms with Crippen molar-refractivity contribution >= 4 is 11.8 Å². The van der Waals surface area contributed by atoms with Gasteiger partial charge in [0.25, 0.3) is 0 Å². The lowest BCUT2D eigenvalue weighted by Gasteiger charge is -2.25. The second-order valence-corrected chi connectivity index (χ2v) is 8.51. The van der Waals surface area contributed by atoms with Crippen LogP contribution in [0, 0.1) is 11.3 Å². The van der Waals surface area contributed by atoms with Crippen LogP contribution in [0.3, 0.4) is 0 Å². The molecular weight excluding hydrogens is 284 g/mol. The molecule has 0 amide bonds. The Labute approximate surface area is 143 Å². The molecule has 1 unspecified atom stereocenters. The predicted molar refractivity (Wildman–Crippen MR) is 106 cm³/mol. The highest BCUT2D eigenvalue weighted by atomic mass is 32.2. The first-order valence-electron chi connectivity index (χ1n) is 8.42. The quantitative estimate of drug-likeness (QED) is 0.448. The molecule has 22 heavy (non-hydrogen) atoms. The number of hydrogen-bond donors (Lipinski definition) is 0. The van der Waals surface area contributed by atoms with Crippen molar-refractivity contribution < 1.29 is 0 Å². The molecule has 0 fully saturated rings. The fourth-order valence-electron chi connectivity index (χ4n) is 2.30. The zero-order valence-electron chi connectivity index (χ0n) is 16.4. The van der Waals surface area contributed by atoms with Crippen LogP contribution in [0.5, 0.6) is 0 Å². The summed E-state index contributed by atoms with van der Waals surface area (Å²) in [6, 6.07) is 0. The van der Waals surface area contributed by atoms with Crippen molar-refractivity contribution in [3.63, 3.8) is 0 Å². The van der Waals surface area contributed by atoms with Crippen molar-refractivity contribution in [2.75, 3.05) is 0 Å². The maximum atomic E-state index is 2.38. The van der Waals surface area contributed by atoms with Gasteiger partial charge >= 0.3 is 0 Å². The average Bonchev–Trinajstić information content (AvgIpc) is 2.40. The molecule has 0 aromatic heterocycles. The van der Waals surface area contributed by atoms with Crippen LogP contribution in [0.15, 0.2) is 44.8 Å². The van der Waals surface area contributed by atoms with Crippen LogP contribution >= 0.6 is 11.8 Å². The highest BCUT2D eigenvalue weighted by Crippen LogP contribution is 2.43. The standard InChI is InChI=1S/C21H36S/c1-11-16(5)13-17(6)14-19(18(7)12-2)22-20(15(3)4)21(8,9)10/h12-14,16H,11H2,1-10H3/b17-13-,18-12-,19-14+. The summed E-state index contributed by atoms with van der Waals surface area (Å²) in [5.74, 6) is 0.638. The van der Waals surface area contributed by atoms with E-state index in [-0.39, 0.29) is 5.41 Å². The minimum absolute atomic E-state index is 0.185. The largest absolute Gasteiger partial charge is 0.0938 e. The minimum atomic E-state index is 0.185.